The lowest BCUT2D eigenvalue weighted by Crippen LogP contribution is -2.03. The number of carboxylic acids is 1. The maximum atomic E-state index is 10.5. The third kappa shape index (κ3) is 4.72. The molecule has 0 saturated heterocycles. The van der Waals surface area contributed by atoms with Crippen LogP contribution in [-0.4, -0.2) is 24.3 Å². The predicted octanol–water partition coefficient (Wildman–Crippen LogP) is 2.37. The van der Waals surface area contributed by atoms with Crippen LogP contribution in [0.1, 0.15) is 19.4 Å². The van der Waals surface area contributed by atoms with Gasteiger partial charge in [-0.05, 0) is 31.6 Å². The van der Waals surface area contributed by atoms with E-state index < -0.39 is 5.97 Å². The Morgan fingerprint density at radius 2 is 2.16 bits per heavy atom. The van der Waals surface area contributed by atoms with Gasteiger partial charge in [0.15, 0.2) is 11.5 Å². The fourth-order valence-electron chi connectivity index (χ4n) is 1.41. The maximum Gasteiger partial charge on any atom is 0.328 e. The highest BCUT2D eigenvalue weighted by atomic mass is 16.5. The van der Waals surface area contributed by atoms with Crippen LogP contribution in [0.25, 0.3) is 0 Å². The molecule has 0 fully saturated rings. The van der Waals surface area contributed by atoms with Crippen LogP contribution >= 0.6 is 0 Å². The molecule has 1 N–H and O–H groups in total. The monoisotopic (exact) mass is 261 g/mol. The second-order valence-electron chi connectivity index (χ2n) is 3.82. The molecule has 0 heterocycles. The molecule has 1 aromatic rings. The van der Waals surface area contributed by atoms with E-state index in [2.05, 4.69) is 0 Å². The van der Waals surface area contributed by atoms with E-state index in [1.807, 2.05) is 13.0 Å². The number of hydrogen-bond donors (Lipinski definition) is 1. The van der Waals surface area contributed by atoms with E-state index in [-0.39, 0.29) is 6.61 Å². The quantitative estimate of drug-likeness (QED) is 0.795. The normalized spacial score (nSPS) is 10.7. The van der Waals surface area contributed by atoms with Gasteiger partial charge in [0.1, 0.15) is 6.61 Å². The minimum Gasteiger partial charge on any atom is -0.490 e. The molecule has 100 valence electrons. The number of carbonyl (C=O) groups is 1. The number of benzene rings is 1. The standard InChI is InChI=1S/C14H15NO4/c1-3-18-13-7-11(8-15)4-5-12(13)19-9-10(2)6-14(16)17/h4-7H,3,9H2,1-2H3,(H,16,17). The Morgan fingerprint density at radius 3 is 2.74 bits per heavy atom. The molecule has 19 heavy (non-hydrogen) atoms. The van der Waals surface area contributed by atoms with Gasteiger partial charge in [0, 0.05) is 12.1 Å². The Bertz CT molecular complexity index is 529. The van der Waals surface area contributed by atoms with Crippen LogP contribution in [0.5, 0.6) is 11.5 Å². The van der Waals surface area contributed by atoms with Crippen LogP contribution in [0.4, 0.5) is 0 Å². The highest BCUT2D eigenvalue weighted by Crippen LogP contribution is 2.28. The Balaban J connectivity index is 2.83. The fraction of sp³-hybridized carbons (Fsp3) is 0.286. The molecule has 0 amide bonds. The summed E-state index contributed by atoms with van der Waals surface area (Å²) in [6.07, 6.45) is 1.09. The molecule has 0 radical (unpaired) electrons. The van der Waals surface area contributed by atoms with E-state index in [4.69, 9.17) is 19.8 Å². The van der Waals surface area contributed by atoms with Crippen molar-refractivity contribution in [3.63, 3.8) is 0 Å². The van der Waals surface area contributed by atoms with Crippen molar-refractivity contribution < 1.29 is 19.4 Å². The van der Waals surface area contributed by atoms with E-state index in [1.54, 1.807) is 25.1 Å². The molecular formula is C14H15NO4. The zero-order valence-corrected chi connectivity index (χ0v) is 10.8. The molecule has 1 aromatic carbocycles. The van der Waals surface area contributed by atoms with Gasteiger partial charge < -0.3 is 14.6 Å². The minimum absolute atomic E-state index is 0.151. The van der Waals surface area contributed by atoms with Crippen molar-refractivity contribution in [2.45, 2.75) is 13.8 Å². The summed E-state index contributed by atoms with van der Waals surface area (Å²) < 4.78 is 10.9. The van der Waals surface area contributed by atoms with Crippen molar-refractivity contribution >= 4 is 5.97 Å². The van der Waals surface area contributed by atoms with Gasteiger partial charge in [-0.2, -0.15) is 5.26 Å². The summed E-state index contributed by atoms with van der Waals surface area (Å²) in [6, 6.07) is 6.87. The third-order valence-corrected chi connectivity index (χ3v) is 2.20. The van der Waals surface area contributed by atoms with Crippen LogP contribution in [-0.2, 0) is 4.79 Å². The number of nitrogens with zero attached hydrogens (tertiary/aromatic N) is 1. The summed E-state index contributed by atoms with van der Waals surface area (Å²) in [5.74, 6) is -0.0466. The first-order chi connectivity index (χ1) is 9.06. The molecule has 0 aromatic heterocycles. The molecular weight excluding hydrogens is 246 g/mol. The van der Waals surface area contributed by atoms with Gasteiger partial charge in [-0.1, -0.05) is 0 Å². The lowest BCUT2D eigenvalue weighted by molar-refractivity contribution is -0.131. The molecule has 0 aliphatic heterocycles. The zero-order valence-electron chi connectivity index (χ0n) is 10.8. The summed E-state index contributed by atoms with van der Waals surface area (Å²) in [7, 11) is 0. The zero-order chi connectivity index (χ0) is 14.3. The first-order valence-electron chi connectivity index (χ1n) is 5.76. The summed E-state index contributed by atoms with van der Waals surface area (Å²) in [6.45, 7) is 4.10. The molecule has 0 bridgehead atoms. The average molecular weight is 261 g/mol. The highest BCUT2D eigenvalue weighted by Gasteiger charge is 2.07. The minimum atomic E-state index is -1.01. The number of ether oxygens (including phenoxy) is 2. The molecule has 0 aliphatic rings. The van der Waals surface area contributed by atoms with Crippen molar-refractivity contribution in [2.75, 3.05) is 13.2 Å². The van der Waals surface area contributed by atoms with Gasteiger partial charge in [-0.3, -0.25) is 0 Å². The van der Waals surface area contributed by atoms with Gasteiger partial charge in [-0.15, -0.1) is 0 Å². The van der Waals surface area contributed by atoms with Crippen LogP contribution in [0.3, 0.4) is 0 Å². The summed E-state index contributed by atoms with van der Waals surface area (Å²) in [4.78, 5) is 10.5. The van der Waals surface area contributed by atoms with Gasteiger partial charge in [0.05, 0.1) is 18.2 Å². The van der Waals surface area contributed by atoms with E-state index in [1.165, 1.54) is 0 Å². The predicted molar refractivity (Wildman–Crippen MR) is 69.2 cm³/mol. The van der Waals surface area contributed by atoms with Crippen molar-refractivity contribution in [3.05, 3.63) is 35.4 Å². The smallest absolute Gasteiger partial charge is 0.328 e. The van der Waals surface area contributed by atoms with E-state index >= 15 is 0 Å². The third-order valence-electron chi connectivity index (χ3n) is 2.20. The van der Waals surface area contributed by atoms with Crippen LogP contribution in [0.15, 0.2) is 29.8 Å². The number of rotatable bonds is 6. The average Bonchev–Trinajstić information content (AvgIpc) is 2.36. The maximum absolute atomic E-state index is 10.5. The lowest BCUT2D eigenvalue weighted by atomic mass is 10.2. The number of hydrogen-bond acceptors (Lipinski definition) is 4. The van der Waals surface area contributed by atoms with Crippen molar-refractivity contribution in [2.24, 2.45) is 0 Å². The van der Waals surface area contributed by atoms with E-state index in [0.29, 0.717) is 29.2 Å². The van der Waals surface area contributed by atoms with Gasteiger partial charge in [-0.25, -0.2) is 4.79 Å². The molecule has 5 heteroatoms. The molecule has 5 nitrogen and oxygen atoms in total. The van der Waals surface area contributed by atoms with Gasteiger partial charge >= 0.3 is 5.97 Å². The Kier molecular flexibility index (Phi) is 5.42. The molecule has 1 rings (SSSR count). The Morgan fingerprint density at radius 1 is 1.42 bits per heavy atom. The Hall–Kier alpha value is -2.48. The summed E-state index contributed by atoms with van der Waals surface area (Å²) in [5, 5.41) is 17.4. The van der Waals surface area contributed by atoms with Crippen molar-refractivity contribution in [3.8, 4) is 17.6 Å². The Labute approximate surface area is 111 Å². The fourth-order valence-corrected chi connectivity index (χ4v) is 1.41. The number of carboxylic acid groups (broad SMARTS) is 1. The molecule has 0 saturated carbocycles. The number of aliphatic carboxylic acids is 1. The topological polar surface area (TPSA) is 79.5 Å². The van der Waals surface area contributed by atoms with Gasteiger partial charge in [0.25, 0.3) is 0 Å². The van der Waals surface area contributed by atoms with Crippen LogP contribution < -0.4 is 9.47 Å². The van der Waals surface area contributed by atoms with Crippen LogP contribution in [0.2, 0.25) is 0 Å². The van der Waals surface area contributed by atoms with E-state index in [9.17, 15) is 4.79 Å². The molecule has 0 atom stereocenters. The van der Waals surface area contributed by atoms with Gasteiger partial charge in [0.2, 0.25) is 0 Å². The lowest BCUT2D eigenvalue weighted by Gasteiger charge is -2.12. The molecule has 0 unspecified atom stereocenters. The second-order valence-corrected chi connectivity index (χ2v) is 3.82. The first-order valence-corrected chi connectivity index (χ1v) is 5.76. The first kappa shape index (κ1) is 14.6. The highest BCUT2D eigenvalue weighted by molar-refractivity contribution is 5.80. The summed E-state index contributed by atoms with van der Waals surface area (Å²) >= 11 is 0. The largest absolute Gasteiger partial charge is 0.490 e. The van der Waals surface area contributed by atoms with Crippen molar-refractivity contribution in [1.82, 2.24) is 0 Å². The van der Waals surface area contributed by atoms with E-state index in [0.717, 1.165) is 6.08 Å². The molecule has 0 aliphatic carbocycles. The molecule has 0 spiro atoms. The summed E-state index contributed by atoms with van der Waals surface area (Å²) in [5.41, 5.74) is 1.06. The number of nitriles is 1. The van der Waals surface area contributed by atoms with Crippen LogP contribution in [0, 0.1) is 11.3 Å². The van der Waals surface area contributed by atoms with Crippen molar-refractivity contribution in [1.29, 1.82) is 5.26 Å². The second kappa shape index (κ2) is 7.07. The SMILES string of the molecule is CCOc1cc(C#N)ccc1OCC(C)=CC(=O)O.